The fourth-order valence-electron chi connectivity index (χ4n) is 1.90. The largest absolute Gasteiger partial charge is 0.392 e. The number of aliphatic hydroxyl groups is 1. The summed E-state index contributed by atoms with van der Waals surface area (Å²) in [6.07, 6.45) is 1.23. The molecule has 0 aliphatic carbocycles. The fraction of sp³-hybridized carbons (Fsp3) is 0.583. The van der Waals surface area contributed by atoms with E-state index in [0.717, 1.165) is 30.2 Å². The highest BCUT2D eigenvalue weighted by Crippen LogP contribution is 2.18. The van der Waals surface area contributed by atoms with Crippen LogP contribution in [0.3, 0.4) is 0 Å². The van der Waals surface area contributed by atoms with Gasteiger partial charge < -0.3 is 10.0 Å². The minimum atomic E-state index is 0.0783. The summed E-state index contributed by atoms with van der Waals surface area (Å²) in [5, 5.41) is 9.11. The predicted molar refractivity (Wildman–Crippen MR) is 69.1 cm³/mol. The molecular weight excluding hydrogens is 220 g/mol. The van der Waals surface area contributed by atoms with Crippen molar-refractivity contribution in [2.45, 2.75) is 20.0 Å². The third kappa shape index (κ3) is 2.68. The maximum Gasteiger partial charge on any atom is 0.128 e. The number of aliphatic hydroxyl groups excluding tert-OH is 1. The van der Waals surface area contributed by atoms with Gasteiger partial charge in [0, 0.05) is 24.5 Å². The van der Waals surface area contributed by atoms with Gasteiger partial charge in [-0.2, -0.15) is 11.8 Å². The number of nitrogens with zero attached hydrogens (tertiary/aromatic N) is 2. The van der Waals surface area contributed by atoms with Crippen molar-refractivity contribution in [1.29, 1.82) is 0 Å². The molecule has 88 valence electrons. The van der Waals surface area contributed by atoms with Crippen LogP contribution in [0.15, 0.2) is 12.1 Å². The molecule has 0 atom stereocenters. The smallest absolute Gasteiger partial charge is 0.128 e. The van der Waals surface area contributed by atoms with Crippen molar-refractivity contribution in [3.63, 3.8) is 0 Å². The minimum absolute atomic E-state index is 0.0783. The molecule has 1 aromatic heterocycles. The van der Waals surface area contributed by atoms with Crippen LogP contribution in [0.5, 0.6) is 0 Å². The molecule has 1 aromatic rings. The SMILES string of the molecule is Cc1nc(N2CCCSCC2)ccc1CO. The number of hydrogen-bond acceptors (Lipinski definition) is 4. The Kier molecular flexibility index (Phi) is 4.07. The Hall–Kier alpha value is -0.740. The number of pyridine rings is 1. The fourth-order valence-corrected chi connectivity index (χ4v) is 2.78. The second-order valence-corrected chi connectivity index (χ2v) is 5.25. The zero-order valence-electron chi connectivity index (χ0n) is 9.65. The third-order valence-electron chi connectivity index (χ3n) is 2.90. The highest BCUT2D eigenvalue weighted by molar-refractivity contribution is 7.99. The quantitative estimate of drug-likeness (QED) is 0.852. The van der Waals surface area contributed by atoms with E-state index in [9.17, 15) is 0 Å². The number of thioether (sulfide) groups is 1. The summed E-state index contributed by atoms with van der Waals surface area (Å²) in [6, 6.07) is 4.00. The molecule has 2 heterocycles. The Morgan fingerprint density at radius 2 is 2.25 bits per heavy atom. The van der Waals surface area contributed by atoms with Gasteiger partial charge in [-0.25, -0.2) is 4.98 Å². The van der Waals surface area contributed by atoms with Gasteiger partial charge in [0.05, 0.1) is 6.61 Å². The molecule has 3 nitrogen and oxygen atoms in total. The minimum Gasteiger partial charge on any atom is -0.392 e. The molecule has 0 saturated carbocycles. The Balaban J connectivity index is 2.16. The van der Waals surface area contributed by atoms with Crippen molar-refractivity contribution in [3.05, 3.63) is 23.4 Å². The first-order chi connectivity index (χ1) is 7.81. The predicted octanol–water partition coefficient (Wildman–Crippen LogP) is 1.83. The molecule has 1 saturated heterocycles. The van der Waals surface area contributed by atoms with E-state index in [-0.39, 0.29) is 6.61 Å². The molecule has 1 fully saturated rings. The van der Waals surface area contributed by atoms with E-state index in [0.29, 0.717) is 0 Å². The van der Waals surface area contributed by atoms with Gasteiger partial charge in [0.25, 0.3) is 0 Å². The van der Waals surface area contributed by atoms with Crippen LogP contribution < -0.4 is 4.90 Å². The Labute approximate surface area is 101 Å². The number of anilines is 1. The van der Waals surface area contributed by atoms with Crippen LogP contribution in [-0.2, 0) is 6.61 Å². The van der Waals surface area contributed by atoms with Crippen molar-refractivity contribution in [1.82, 2.24) is 4.98 Å². The molecule has 4 heteroatoms. The number of aromatic nitrogens is 1. The Morgan fingerprint density at radius 3 is 3.00 bits per heavy atom. The van der Waals surface area contributed by atoms with Gasteiger partial charge in [-0.05, 0) is 30.7 Å². The van der Waals surface area contributed by atoms with Crippen molar-refractivity contribution >= 4 is 17.6 Å². The molecule has 0 bridgehead atoms. The van der Waals surface area contributed by atoms with Crippen LogP contribution in [0.25, 0.3) is 0 Å². The summed E-state index contributed by atoms with van der Waals surface area (Å²) in [6.45, 7) is 4.21. The zero-order chi connectivity index (χ0) is 11.4. The average molecular weight is 238 g/mol. The lowest BCUT2D eigenvalue weighted by Gasteiger charge is -2.21. The van der Waals surface area contributed by atoms with Crippen molar-refractivity contribution < 1.29 is 5.11 Å². The van der Waals surface area contributed by atoms with E-state index in [1.807, 2.05) is 30.8 Å². The topological polar surface area (TPSA) is 36.4 Å². The van der Waals surface area contributed by atoms with E-state index in [1.54, 1.807) is 0 Å². The molecule has 0 spiro atoms. The van der Waals surface area contributed by atoms with Crippen molar-refractivity contribution in [3.8, 4) is 0 Å². The van der Waals surface area contributed by atoms with Gasteiger partial charge in [-0.3, -0.25) is 0 Å². The summed E-state index contributed by atoms with van der Waals surface area (Å²) >= 11 is 2.02. The lowest BCUT2D eigenvalue weighted by Crippen LogP contribution is -2.26. The molecule has 1 aliphatic heterocycles. The molecule has 0 radical (unpaired) electrons. The van der Waals surface area contributed by atoms with Crippen LogP contribution in [-0.4, -0.2) is 34.7 Å². The van der Waals surface area contributed by atoms with Gasteiger partial charge in [-0.1, -0.05) is 6.07 Å². The molecule has 1 N–H and O–H groups in total. The molecule has 0 aromatic carbocycles. The van der Waals surface area contributed by atoms with E-state index in [2.05, 4.69) is 9.88 Å². The summed E-state index contributed by atoms with van der Waals surface area (Å²) in [4.78, 5) is 6.91. The van der Waals surface area contributed by atoms with E-state index < -0.39 is 0 Å². The second-order valence-electron chi connectivity index (χ2n) is 4.03. The highest BCUT2D eigenvalue weighted by atomic mass is 32.2. The molecule has 0 amide bonds. The lowest BCUT2D eigenvalue weighted by molar-refractivity contribution is 0.280. The summed E-state index contributed by atoms with van der Waals surface area (Å²) < 4.78 is 0. The van der Waals surface area contributed by atoms with Crippen LogP contribution in [0.1, 0.15) is 17.7 Å². The standard InChI is InChI=1S/C12H18N2OS/c1-10-11(9-15)3-4-12(13-10)14-5-2-7-16-8-6-14/h3-4,15H,2,5-9H2,1H3. The van der Waals surface area contributed by atoms with Crippen LogP contribution in [0.2, 0.25) is 0 Å². The zero-order valence-corrected chi connectivity index (χ0v) is 10.5. The Morgan fingerprint density at radius 1 is 1.38 bits per heavy atom. The average Bonchev–Trinajstić information content (AvgIpc) is 2.57. The van der Waals surface area contributed by atoms with E-state index in [1.165, 1.54) is 17.9 Å². The van der Waals surface area contributed by atoms with Gasteiger partial charge >= 0.3 is 0 Å². The molecule has 2 rings (SSSR count). The number of rotatable bonds is 2. The molecule has 0 unspecified atom stereocenters. The lowest BCUT2D eigenvalue weighted by atomic mass is 10.2. The first kappa shape index (κ1) is 11.7. The summed E-state index contributed by atoms with van der Waals surface area (Å²) in [7, 11) is 0. The van der Waals surface area contributed by atoms with E-state index in [4.69, 9.17) is 5.11 Å². The summed E-state index contributed by atoms with van der Waals surface area (Å²) in [5.74, 6) is 3.49. The first-order valence-electron chi connectivity index (χ1n) is 5.71. The van der Waals surface area contributed by atoms with Gasteiger partial charge in [0.2, 0.25) is 0 Å². The van der Waals surface area contributed by atoms with E-state index >= 15 is 0 Å². The second kappa shape index (κ2) is 5.55. The van der Waals surface area contributed by atoms with Crippen LogP contribution in [0.4, 0.5) is 5.82 Å². The van der Waals surface area contributed by atoms with Gasteiger partial charge in [0.15, 0.2) is 0 Å². The normalized spacial score (nSPS) is 17.2. The number of hydrogen-bond donors (Lipinski definition) is 1. The van der Waals surface area contributed by atoms with Gasteiger partial charge in [-0.15, -0.1) is 0 Å². The van der Waals surface area contributed by atoms with Crippen molar-refractivity contribution in [2.75, 3.05) is 29.5 Å². The number of aryl methyl sites for hydroxylation is 1. The Bertz CT molecular complexity index is 349. The van der Waals surface area contributed by atoms with Crippen LogP contribution in [0, 0.1) is 6.92 Å². The molecule has 1 aliphatic rings. The van der Waals surface area contributed by atoms with Crippen molar-refractivity contribution in [2.24, 2.45) is 0 Å². The monoisotopic (exact) mass is 238 g/mol. The van der Waals surface area contributed by atoms with Crippen LogP contribution >= 0.6 is 11.8 Å². The summed E-state index contributed by atoms with van der Waals surface area (Å²) in [5.41, 5.74) is 1.87. The molecular formula is C12H18N2OS. The third-order valence-corrected chi connectivity index (χ3v) is 3.95. The maximum absolute atomic E-state index is 9.11. The molecule has 16 heavy (non-hydrogen) atoms. The maximum atomic E-state index is 9.11. The first-order valence-corrected chi connectivity index (χ1v) is 6.87. The van der Waals surface area contributed by atoms with Gasteiger partial charge in [0.1, 0.15) is 5.82 Å². The highest BCUT2D eigenvalue weighted by Gasteiger charge is 2.11.